The topological polar surface area (TPSA) is 31.2 Å². The fraction of sp³-hybridized carbons (Fsp3) is 0.211. The maximum Gasteiger partial charge on any atom is 0.338 e. The van der Waals surface area contributed by atoms with E-state index in [9.17, 15) is 4.79 Å². The van der Waals surface area contributed by atoms with E-state index in [1.807, 2.05) is 43.3 Å². The number of aryl methyl sites for hydroxylation is 1. The Kier molecular flexibility index (Phi) is 3.72. The van der Waals surface area contributed by atoms with Gasteiger partial charge in [-0.15, -0.1) is 0 Å². The second-order valence-electron chi connectivity index (χ2n) is 5.33. The zero-order valence-electron chi connectivity index (χ0n) is 13.1. The van der Waals surface area contributed by atoms with Crippen LogP contribution in [0.4, 0.5) is 0 Å². The molecule has 0 aliphatic rings. The van der Waals surface area contributed by atoms with Gasteiger partial charge in [-0.2, -0.15) is 0 Å². The number of hydrogen-bond donors (Lipinski definition) is 0. The number of benzene rings is 2. The summed E-state index contributed by atoms with van der Waals surface area (Å²) < 4.78 is 7.31. The summed E-state index contributed by atoms with van der Waals surface area (Å²) in [6.07, 6.45) is 0. The van der Waals surface area contributed by atoms with Gasteiger partial charge in [0.15, 0.2) is 0 Å². The number of rotatable bonds is 3. The lowest BCUT2D eigenvalue weighted by Gasteiger charge is -2.08. The van der Waals surface area contributed by atoms with Gasteiger partial charge in [0.05, 0.1) is 17.7 Å². The van der Waals surface area contributed by atoms with Gasteiger partial charge in [-0.3, -0.25) is 0 Å². The summed E-state index contributed by atoms with van der Waals surface area (Å²) in [6.45, 7) is 6.40. The van der Waals surface area contributed by atoms with Crippen molar-refractivity contribution in [2.75, 3.05) is 6.61 Å². The number of hydrogen-bond acceptors (Lipinski definition) is 2. The van der Waals surface area contributed by atoms with Crippen molar-refractivity contribution in [2.24, 2.45) is 0 Å². The monoisotopic (exact) mass is 293 g/mol. The molecule has 22 heavy (non-hydrogen) atoms. The number of carbonyl (C=O) groups excluding carboxylic acids is 1. The molecule has 0 saturated carbocycles. The van der Waals surface area contributed by atoms with Gasteiger partial charge in [-0.1, -0.05) is 18.2 Å². The summed E-state index contributed by atoms with van der Waals surface area (Å²) >= 11 is 0. The molecule has 0 N–H and O–H groups in total. The standard InChI is InChI=1S/C19H19NO2/c1-4-22-19(21)15-10-11-18-17(12-15)13(2)14(3)20(18)16-8-6-5-7-9-16/h5-12H,4H2,1-3H3. The quantitative estimate of drug-likeness (QED) is 0.669. The lowest BCUT2D eigenvalue weighted by atomic mass is 10.1. The molecule has 0 aliphatic carbocycles. The van der Waals surface area contributed by atoms with Gasteiger partial charge in [0.2, 0.25) is 0 Å². The zero-order valence-corrected chi connectivity index (χ0v) is 13.1. The number of ether oxygens (including phenoxy) is 1. The minimum absolute atomic E-state index is 0.270. The van der Waals surface area contributed by atoms with Crippen molar-refractivity contribution in [3.8, 4) is 5.69 Å². The Morgan fingerprint density at radius 1 is 1.09 bits per heavy atom. The van der Waals surface area contributed by atoms with Crippen LogP contribution in [0.15, 0.2) is 48.5 Å². The number of carbonyl (C=O) groups is 1. The SMILES string of the molecule is CCOC(=O)c1ccc2c(c1)c(C)c(C)n2-c1ccccc1. The molecule has 3 nitrogen and oxygen atoms in total. The smallest absolute Gasteiger partial charge is 0.338 e. The summed E-state index contributed by atoms with van der Waals surface area (Å²) in [5, 5.41) is 1.09. The summed E-state index contributed by atoms with van der Waals surface area (Å²) in [5.41, 5.74) is 5.20. The van der Waals surface area contributed by atoms with Crippen LogP contribution in [0.3, 0.4) is 0 Å². The number of nitrogens with zero attached hydrogens (tertiary/aromatic N) is 1. The van der Waals surface area contributed by atoms with Gasteiger partial charge in [0.25, 0.3) is 0 Å². The van der Waals surface area contributed by atoms with E-state index in [-0.39, 0.29) is 5.97 Å². The highest BCUT2D eigenvalue weighted by molar-refractivity contribution is 5.96. The molecule has 2 aromatic carbocycles. The third-order valence-electron chi connectivity index (χ3n) is 4.05. The van der Waals surface area contributed by atoms with Crippen molar-refractivity contribution >= 4 is 16.9 Å². The number of fused-ring (bicyclic) bond motifs is 1. The molecule has 0 amide bonds. The van der Waals surface area contributed by atoms with E-state index in [4.69, 9.17) is 4.74 Å². The Bertz CT molecular complexity index is 832. The molecule has 0 radical (unpaired) electrons. The summed E-state index contributed by atoms with van der Waals surface area (Å²) in [6, 6.07) is 16.0. The highest BCUT2D eigenvalue weighted by atomic mass is 16.5. The molecule has 3 aromatic rings. The highest BCUT2D eigenvalue weighted by Gasteiger charge is 2.15. The van der Waals surface area contributed by atoms with Crippen LogP contribution in [0, 0.1) is 13.8 Å². The van der Waals surface area contributed by atoms with E-state index in [1.54, 1.807) is 0 Å². The lowest BCUT2D eigenvalue weighted by Crippen LogP contribution is -2.04. The molecule has 0 spiro atoms. The fourth-order valence-corrected chi connectivity index (χ4v) is 2.83. The van der Waals surface area contributed by atoms with E-state index in [1.165, 1.54) is 11.3 Å². The molecule has 0 aliphatic heterocycles. The second-order valence-corrected chi connectivity index (χ2v) is 5.33. The van der Waals surface area contributed by atoms with Crippen LogP contribution in [0.25, 0.3) is 16.6 Å². The first-order chi connectivity index (χ1) is 10.6. The largest absolute Gasteiger partial charge is 0.462 e. The van der Waals surface area contributed by atoms with Crippen molar-refractivity contribution in [2.45, 2.75) is 20.8 Å². The predicted octanol–water partition coefficient (Wildman–Crippen LogP) is 4.42. The van der Waals surface area contributed by atoms with Gasteiger partial charge in [0.1, 0.15) is 0 Å². The number of aromatic nitrogens is 1. The number of esters is 1. The molecule has 1 aromatic heterocycles. The zero-order chi connectivity index (χ0) is 15.7. The Hall–Kier alpha value is -2.55. The van der Waals surface area contributed by atoms with Crippen molar-refractivity contribution in [3.05, 3.63) is 65.4 Å². The molecule has 0 saturated heterocycles. The fourth-order valence-electron chi connectivity index (χ4n) is 2.83. The Morgan fingerprint density at radius 3 is 2.50 bits per heavy atom. The van der Waals surface area contributed by atoms with Gasteiger partial charge in [-0.05, 0) is 56.7 Å². The van der Waals surface area contributed by atoms with E-state index >= 15 is 0 Å². The maximum atomic E-state index is 11.9. The van der Waals surface area contributed by atoms with Crippen molar-refractivity contribution in [1.82, 2.24) is 4.57 Å². The molecule has 3 heteroatoms. The first kappa shape index (κ1) is 14.4. The normalized spacial score (nSPS) is 10.9. The molecule has 1 heterocycles. The predicted molar refractivity (Wildman–Crippen MR) is 88.7 cm³/mol. The maximum absolute atomic E-state index is 11.9. The van der Waals surface area contributed by atoms with Crippen molar-refractivity contribution in [1.29, 1.82) is 0 Å². The number of para-hydroxylation sites is 1. The molecule has 112 valence electrons. The molecule has 0 unspecified atom stereocenters. The van der Waals surface area contributed by atoms with E-state index in [2.05, 4.69) is 30.5 Å². The van der Waals surface area contributed by atoms with Gasteiger partial charge in [-0.25, -0.2) is 4.79 Å². The average molecular weight is 293 g/mol. The van der Waals surface area contributed by atoms with Crippen LogP contribution in [-0.4, -0.2) is 17.1 Å². The van der Waals surface area contributed by atoms with Gasteiger partial charge < -0.3 is 9.30 Å². The molecule has 0 fully saturated rings. The first-order valence-corrected chi connectivity index (χ1v) is 7.47. The van der Waals surface area contributed by atoms with Crippen LogP contribution in [0.5, 0.6) is 0 Å². The Morgan fingerprint density at radius 2 is 1.82 bits per heavy atom. The molecular formula is C19H19NO2. The minimum Gasteiger partial charge on any atom is -0.462 e. The van der Waals surface area contributed by atoms with Crippen LogP contribution in [-0.2, 0) is 4.74 Å². The van der Waals surface area contributed by atoms with Crippen LogP contribution in [0.1, 0.15) is 28.5 Å². The third kappa shape index (κ3) is 2.29. The molecule has 3 rings (SSSR count). The molecular weight excluding hydrogens is 274 g/mol. The minimum atomic E-state index is -0.270. The van der Waals surface area contributed by atoms with E-state index in [0.29, 0.717) is 12.2 Å². The van der Waals surface area contributed by atoms with Gasteiger partial charge >= 0.3 is 5.97 Å². The van der Waals surface area contributed by atoms with Crippen LogP contribution < -0.4 is 0 Å². The lowest BCUT2D eigenvalue weighted by molar-refractivity contribution is 0.0526. The van der Waals surface area contributed by atoms with E-state index in [0.717, 1.165) is 16.6 Å². The van der Waals surface area contributed by atoms with Crippen molar-refractivity contribution < 1.29 is 9.53 Å². The highest BCUT2D eigenvalue weighted by Crippen LogP contribution is 2.29. The van der Waals surface area contributed by atoms with Crippen LogP contribution >= 0.6 is 0 Å². The second kappa shape index (κ2) is 5.68. The third-order valence-corrected chi connectivity index (χ3v) is 4.05. The van der Waals surface area contributed by atoms with Crippen LogP contribution in [0.2, 0.25) is 0 Å². The Balaban J connectivity index is 2.20. The summed E-state index contributed by atoms with van der Waals surface area (Å²) in [5.74, 6) is -0.270. The average Bonchev–Trinajstić information content (AvgIpc) is 2.79. The van der Waals surface area contributed by atoms with Gasteiger partial charge in [0, 0.05) is 16.8 Å². The van der Waals surface area contributed by atoms with E-state index < -0.39 is 0 Å². The molecule has 0 atom stereocenters. The molecule has 0 bridgehead atoms. The van der Waals surface area contributed by atoms with Crippen molar-refractivity contribution in [3.63, 3.8) is 0 Å². The Labute approximate surface area is 130 Å². The summed E-state index contributed by atoms with van der Waals surface area (Å²) in [7, 11) is 0. The first-order valence-electron chi connectivity index (χ1n) is 7.47. The summed E-state index contributed by atoms with van der Waals surface area (Å²) in [4.78, 5) is 11.9.